The molecule has 1 aromatic rings. The average molecular weight is 162 g/mol. The molecule has 0 radical (unpaired) electrons. The van der Waals surface area contributed by atoms with Crippen LogP contribution in [0.2, 0.25) is 0 Å². The molecule has 1 aliphatic heterocycles. The number of nitrogens with zero attached hydrogens (tertiary/aromatic N) is 1. The highest BCUT2D eigenvalue weighted by Gasteiger charge is 2.38. The van der Waals surface area contributed by atoms with Crippen LogP contribution < -0.4 is 5.32 Å². The zero-order valence-electron chi connectivity index (χ0n) is 7.54. The Morgan fingerprint density at radius 2 is 2.42 bits per heavy atom. The first-order valence-electron chi connectivity index (χ1n) is 4.33. The van der Waals surface area contributed by atoms with Crippen molar-refractivity contribution in [3.63, 3.8) is 0 Å². The molecule has 64 valence electrons. The second-order valence-electron chi connectivity index (χ2n) is 4.09. The summed E-state index contributed by atoms with van der Waals surface area (Å²) < 4.78 is 0. The number of hydrogen-bond acceptors (Lipinski definition) is 2. The Balaban J connectivity index is 2.22. The lowest BCUT2D eigenvalue weighted by atomic mass is 9.74. The molecular weight excluding hydrogens is 148 g/mol. The Morgan fingerprint density at radius 1 is 1.58 bits per heavy atom. The topological polar surface area (TPSA) is 24.9 Å². The summed E-state index contributed by atoms with van der Waals surface area (Å²) in [6, 6.07) is 4.61. The van der Waals surface area contributed by atoms with Gasteiger partial charge >= 0.3 is 0 Å². The van der Waals surface area contributed by atoms with Crippen LogP contribution in [0.15, 0.2) is 24.5 Å². The van der Waals surface area contributed by atoms with Crippen LogP contribution in [0, 0.1) is 5.41 Å². The van der Waals surface area contributed by atoms with Crippen molar-refractivity contribution in [1.29, 1.82) is 0 Å². The minimum absolute atomic E-state index is 0.392. The second-order valence-corrected chi connectivity index (χ2v) is 4.09. The molecule has 1 aliphatic rings. The molecule has 1 fully saturated rings. The SMILES string of the molecule is CC1(C)CNC1c1cccnc1. The van der Waals surface area contributed by atoms with Crippen LogP contribution in [-0.4, -0.2) is 11.5 Å². The smallest absolute Gasteiger partial charge is 0.0399 e. The van der Waals surface area contributed by atoms with Crippen molar-refractivity contribution in [2.24, 2.45) is 5.41 Å². The highest BCUT2D eigenvalue weighted by Crippen LogP contribution is 2.39. The Hall–Kier alpha value is -0.890. The van der Waals surface area contributed by atoms with Crippen molar-refractivity contribution in [2.45, 2.75) is 19.9 Å². The van der Waals surface area contributed by atoms with Gasteiger partial charge in [0.2, 0.25) is 0 Å². The van der Waals surface area contributed by atoms with E-state index in [2.05, 4.69) is 30.2 Å². The molecule has 0 aliphatic carbocycles. The third kappa shape index (κ3) is 1.12. The number of aromatic nitrogens is 1. The first-order valence-corrected chi connectivity index (χ1v) is 4.33. The lowest BCUT2D eigenvalue weighted by Crippen LogP contribution is -2.52. The lowest BCUT2D eigenvalue weighted by Gasteiger charge is -2.45. The molecule has 1 saturated heterocycles. The molecule has 1 unspecified atom stereocenters. The van der Waals surface area contributed by atoms with Gasteiger partial charge in [-0.3, -0.25) is 4.98 Å². The summed E-state index contributed by atoms with van der Waals surface area (Å²) in [5.41, 5.74) is 1.69. The van der Waals surface area contributed by atoms with Gasteiger partial charge in [-0.15, -0.1) is 0 Å². The number of pyridine rings is 1. The van der Waals surface area contributed by atoms with E-state index in [9.17, 15) is 0 Å². The highest BCUT2D eigenvalue weighted by molar-refractivity contribution is 5.20. The molecule has 0 amide bonds. The molecule has 2 rings (SSSR count). The molecule has 12 heavy (non-hydrogen) atoms. The van der Waals surface area contributed by atoms with Crippen molar-refractivity contribution in [1.82, 2.24) is 10.3 Å². The summed E-state index contributed by atoms with van der Waals surface area (Å²) in [5.74, 6) is 0. The third-order valence-electron chi connectivity index (χ3n) is 2.56. The van der Waals surface area contributed by atoms with E-state index < -0.39 is 0 Å². The summed E-state index contributed by atoms with van der Waals surface area (Å²) >= 11 is 0. The largest absolute Gasteiger partial charge is 0.309 e. The van der Waals surface area contributed by atoms with Gasteiger partial charge in [-0.1, -0.05) is 19.9 Å². The minimum Gasteiger partial charge on any atom is -0.309 e. The quantitative estimate of drug-likeness (QED) is 0.680. The minimum atomic E-state index is 0.392. The Bertz CT molecular complexity index is 266. The molecule has 2 heteroatoms. The van der Waals surface area contributed by atoms with E-state index in [0.717, 1.165) is 6.54 Å². The zero-order chi connectivity index (χ0) is 8.60. The van der Waals surface area contributed by atoms with Crippen LogP contribution in [0.3, 0.4) is 0 Å². The lowest BCUT2D eigenvalue weighted by molar-refractivity contribution is 0.128. The van der Waals surface area contributed by atoms with Gasteiger partial charge in [0, 0.05) is 25.0 Å². The van der Waals surface area contributed by atoms with E-state index in [0.29, 0.717) is 11.5 Å². The van der Waals surface area contributed by atoms with E-state index in [4.69, 9.17) is 0 Å². The van der Waals surface area contributed by atoms with Crippen LogP contribution in [0.4, 0.5) is 0 Å². The first-order chi connectivity index (χ1) is 5.70. The molecular formula is C10H14N2. The summed E-state index contributed by atoms with van der Waals surface area (Å²) in [6.45, 7) is 5.66. The summed E-state index contributed by atoms with van der Waals surface area (Å²) in [4.78, 5) is 4.11. The average Bonchev–Trinajstić information content (AvgIpc) is 2.05. The molecule has 1 atom stereocenters. The summed E-state index contributed by atoms with van der Waals surface area (Å²) in [5, 5.41) is 3.41. The summed E-state index contributed by atoms with van der Waals surface area (Å²) in [6.07, 6.45) is 3.76. The van der Waals surface area contributed by atoms with Crippen LogP contribution >= 0.6 is 0 Å². The number of hydrogen-bond donors (Lipinski definition) is 1. The fraction of sp³-hybridized carbons (Fsp3) is 0.500. The van der Waals surface area contributed by atoms with Gasteiger partial charge in [-0.25, -0.2) is 0 Å². The van der Waals surface area contributed by atoms with Gasteiger partial charge in [0.05, 0.1) is 0 Å². The van der Waals surface area contributed by atoms with Gasteiger partial charge < -0.3 is 5.32 Å². The van der Waals surface area contributed by atoms with Gasteiger partial charge in [0.25, 0.3) is 0 Å². The number of nitrogens with one attached hydrogen (secondary N) is 1. The van der Waals surface area contributed by atoms with Crippen molar-refractivity contribution >= 4 is 0 Å². The van der Waals surface area contributed by atoms with Crippen LogP contribution in [0.1, 0.15) is 25.5 Å². The second kappa shape index (κ2) is 2.56. The third-order valence-corrected chi connectivity index (χ3v) is 2.56. The number of rotatable bonds is 1. The van der Waals surface area contributed by atoms with Gasteiger partial charge in [0.1, 0.15) is 0 Å². The standard InChI is InChI=1S/C10H14N2/c1-10(2)7-12-9(10)8-4-3-5-11-6-8/h3-6,9,12H,7H2,1-2H3. The van der Waals surface area contributed by atoms with Crippen molar-refractivity contribution < 1.29 is 0 Å². The molecule has 0 spiro atoms. The van der Waals surface area contributed by atoms with E-state index in [1.165, 1.54) is 5.56 Å². The Labute approximate surface area is 73.0 Å². The fourth-order valence-corrected chi connectivity index (χ4v) is 1.73. The maximum Gasteiger partial charge on any atom is 0.0399 e. The van der Waals surface area contributed by atoms with E-state index in [1.54, 1.807) is 0 Å². The predicted octanol–water partition coefficient (Wildman–Crippen LogP) is 1.75. The van der Waals surface area contributed by atoms with Crippen molar-refractivity contribution in [3.8, 4) is 0 Å². The van der Waals surface area contributed by atoms with E-state index in [1.807, 2.05) is 18.5 Å². The molecule has 2 nitrogen and oxygen atoms in total. The van der Waals surface area contributed by atoms with E-state index >= 15 is 0 Å². The Morgan fingerprint density at radius 3 is 2.83 bits per heavy atom. The van der Waals surface area contributed by atoms with Crippen LogP contribution in [-0.2, 0) is 0 Å². The van der Waals surface area contributed by atoms with Crippen LogP contribution in [0.5, 0.6) is 0 Å². The fourth-order valence-electron chi connectivity index (χ4n) is 1.73. The molecule has 0 saturated carbocycles. The molecule has 0 bridgehead atoms. The first kappa shape index (κ1) is 7.74. The van der Waals surface area contributed by atoms with Gasteiger partial charge in [0.15, 0.2) is 0 Å². The normalized spacial score (nSPS) is 26.3. The molecule has 1 aromatic heterocycles. The van der Waals surface area contributed by atoms with Crippen LogP contribution in [0.25, 0.3) is 0 Å². The highest BCUT2D eigenvalue weighted by atomic mass is 15.0. The van der Waals surface area contributed by atoms with Crippen molar-refractivity contribution in [3.05, 3.63) is 30.1 Å². The van der Waals surface area contributed by atoms with Crippen molar-refractivity contribution in [2.75, 3.05) is 6.54 Å². The van der Waals surface area contributed by atoms with E-state index in [-0.39, 0.29) is 0 Å². The van der Waals surface area contributed by atoms with Gasteiger partial charge in [-0.05, 0) is 17.0 Å². The van der Waals surface area contributed by atoms with Gasteiger partial charge in [-0.2, -0.15) is 0 Å². The molecule has 1 N–H and O–H groups in total. The molecule has 0 aromatic carbocycles. The monoisotopic (exact) mass is 162 g/mol. The Kier molecular flexibility index (Phi) is 1.65. The molecule has 2 heterocycles. The maximum atomic E-state index is 4.11. The zero-order valence-corrected chi connectivity index (χ0v) is 7.54. The predicted molar refractivity (Wildman–Crippen MR) is 48.8 cm³/mol. The maximum absolute atomic E-state index is 4.11. The summed E-state index contributed by atoms with van der Waals surface area (Å²) in [7, 11) is 0.